The van der Waals surface area contributed by atoms with Crippen LogP contribution in [0.1, 0.15) is 12.0 Å². The second-order valence-electron chi connectivity index (χ2n) is 5.82. The highest BCUT2D eigenvalue weighted by atomic mass is 35.5. The van der Waals surface area contributed by atoms with E-state index in [1.807, 2.05) is 6.92 Å². The maximum absolute atomic E-state index is 12.3. The van der Waals surface area contributed by atoms with Gasteiger partial charge in [-0.1, -0.05) is 40.9 Å². The van der Waals surface area contributed by atoms with Gasteiger partial charge in [-0.2, -0.15) is 0 Å². The van der Waals surface area contributed by atoms with Gasteiger partial charge < -0.3 is 10.1 Å². The molecule has 10 heteroatoms. The van der Waals surface area contributed by atoms with Crippen LogP contribution in [-0.2, 0) is 24.2 Å². The number of amides is 1. The van der Waals surface area contributed by atoms with E-state index in [1.165, 1.54) is 18.2 Å². The molecule has 150 valence electrons. The minimum Gasteiger partial charge on any atom is -0.456 e. The molecule has 0 aliphatic carbocycles. The number of ether oxygens (including phenoxy) is 1. The summed E-state index contributed by atoms with van der Waals surface area (Å²) in [4.78, 5) is 23.5. The highest BCUT2D eigenvalue weighted by Gasteiger charge is 2.21. The van der Waals surface area contributed by atoms with E-state index in [2.05, 4.69) is 5.32 Å². The quantitative estimate of drug-likeness (QED) is 0.617. The molecule has 0 fully saturated rings. The Kier molecular flexibility index (Phi) is 7.71. The van der Waals surface area contributed by atoms with Gasteiger partial charge in [-0.25, -0.2) is 8.42 Å². The molecule has 6 nitrogen and oxygen atoms in total. The molecule has 0 bridgehead atoms. The molecule has 2 rings (SSSR count). The van der Waals surface area contributed by atoms with E-state index in [-0.39, 0.29) is 14.9 Å². The summed E-state index contributed by atoms with van der Waals surface area (Å²) in [6, 6.07) is 8.98. The number of aryl methyl sites for hydroxylation is 1. The summed E-state index contributed by atoms with van der Waals surface area (Å²) in [7, 11) is -3.84. The molecule has 28 heavy (non-hydrogen) atoms. The van der Waals surface area contributed by atoms with Gasteiger partial charge in [0.2, 0.25) is 0 Å². The van der Waals surface area contributed by atoms with Crippen LogP contribution >= 0.6 is 34.8 Å². The monoisotopic (exact) mass is 463 g/mol. The fourth-order valence-corrected chi connectivity index (χ4v) is 4.34. The Morgan fingerprint density at radius 1 is 1.04 bits per heavy atom. The Bertz CT molecular complexity index is 1010. The molecule has 0 spiro atoms. The number of sulfone groups is 1. The first-order chi connectivity index (χ1) is 13.1. The number of nitrogens with one attached hydrogen (secondary N) is 1. The van der Waals surface area contributed by atoms with Gasteiger partial charge in [0.25, 0.3) is 5.91 Å². The topological polar surface area (TPSA) is 89.5 Å². The summed E-state index contributed by atoms with van der Waals surface area (Å²) in [5.41, 5.74) is 1.31. The van der Waals surface area contributed by atoms with Gasteiger partial charge >= 0.3 is 5.97 Å². The van der Waals surface area contributed by atoms with Crippen molar-refractivity contribution < 1.29 is 22.7 Å². The average molecular weight is 465 g/mol. The SMILES string of the molecule is Cc1ccc(NC(=O)COC(=O)CCS(=O)(=O)c2cc(Cl)ccc2Cl)cc1Cl. The first kappa shape index (κ1) is 22.5. The highest BCUT2D eigenvalue weighted by Crippen LogP contribution is 2.26. The molecule has 0 atom stereocenters. The second-order valence-corrected chi connectivity index (χ2v) is 9.14. The van der Waals surface area contributed by atoms with Crippen LogP contribution in [0.15, 0.2) is 41.3 Å². The third kappa shape index (κ3) is 6.38. The zero-order valence-corrected chi connectivity index (χ0v) is 17.8. The van der Waals surface area contributed by atoms with Crippen LogP contribution in [0.2, 0.25) is 15.1 Å². The van der Waals surface area contributed by atoms with Gasteiger partial charge in [-0.05, 0) is 42.8 Å². The van der Waals surface area contributed by atoms with Crippen molar-refractivity contribution in [1.29, 1.82) is 0 Å². The normalized spacial score (nSPS) is 11.1. The second kappa shape index (κ2) is 9.60. The van der Waals surface area contributed by atoms with Crippen LogP contribution in [0.25, 0.3) is 0 Å². The zero-order chi connectivity index (χ0) is 20.9. The van der Waals surface area contributed by atoms with Crippen LogP contribution < -0.4 is 5.32 Å². The third-order valence-electron chi connectivity index (χ3n) is 3.62. The van der Waals surface area contributed by atoms with Gasteiger partial charge in [0.05, 0.1) is 22.1 Å². The highest BCUT2D eigenvalue weighted by molar-refractivity contribution is 7.91. The van der Waals surface area contributed by atoms with Gasteiger partial charge in [-0.3, -0.25) is 9.59 Å². The molecule has 0 aliphatic rings. The molecule has 1 amide bonds. The van der Waals surface area contributed by atoms with E-state index >= 15 is 0 Å². The van der Waals surface area contributed by atoms with E-state index in [0.29, 0.717) is 10.7 Å². The minimum absolute atomic E-state index is 0.00824. The summed E-state index contributed by atoms with van der Waals surface area (Å²) in [6.07, 6.45) is -0.436. The van der Waals surface area contributed by atoms with Crippen molar-refractivity contribution in [1.82, 2.24) is 0 Å². The third-order valence-corrected chi connectivity index (χ3v) is 6.46. The van der Waals surface area contributed by atoms with Crippen molar-refractivity contribution in [3.05, 3.63) is 57.0 Å². The number of carbonyl (C=O) groups is 2. The lowest BCUT2D eigenvalue weighted by atomic mass is 10.2. The average Bonchev–Trinajstić information content (AvgIpc) is 2.63. The van der Waals surface area contributed by atoms with E-state index in [1.54, 1.807) is 18.2 Å². The lowest BCUT2D eigenvalue weighted by Gasteiger charge is -2.09. The Hall–Kier alpha value is -1.80. The molecule has 0 saturated carbocycles. The number of anilines is 1. The Labute approximate surface area is 177 Å². The maximum atomic E-state index is 12.3. The first-order valence-corrected chi connectivity index (χ1v) is 10.8. The summed E-state index contributed by atoms with van der Waals surface area (Å²) in [5.74, 6) is -1.94. The fourth-order valence-electron chi connectivity index (χ4n) is 2.13. The predicted molar refractivity (Wildman–Crippen MR) is 109 cm³/mol. The Balaban J connectivity index is 1.85. The van der Waals surface area contributed by atoms with E-state index < -0.39 is 40.5 Å². The van der Waals surface area contributed by atoms with Crippen molar-refractivity contribution >= 4 is 62.2 Å². The summed E-state index contributed by atoms with van der Waals surface area (Å²) < 4.78 is 29.4. The molecule has 0 heterocycles. The molecule has 2 aromatic carbocycles. The molecule has 0 aliphatic heterocycles. The van der Waals surface area contributed by atoms with Crippen LogP contribution in [0.3, 0.4) is 0 Å². The number of esters is 1. The number of carbonyl (C=O) groups excluding carboxylic acids is 2. The number of halogens is 3. The number of rotatable bonds is 7. The van der Waals surface area contributed by atoms with Gasteiger partial charge in [0.15, 0.2) is 16.4 Å². The van der Waals surface area contributed by atoms with Crippen molar-refractivity contribution in [2.75, 3.05) is 17.7 Å². The molecular formula is C18H16Cl3NO5S. The predicted octanol–water partition coefficient (Wildman–Crippen LogP) is 4.30. The summed E-state index contributed by atoms with van der Waals surface area (Å²) in [5, 5.41) is 3.23. The zero-order valence-electron chi connectivity index (χ0n) is 14.7. The molecule has 0 saturated heterocycles. The number of hydrogen-bond donors (Lipinski definition) is 1. The Morgan fingerprint density at radius 2 is 1.75 bits per heavy atom. The van der Waals surface area contributed by atoms with Crippen LogP contribution in [0.5, 0.6) is 0 Å². The van der Waals surface area contributed by atoms with Gasteiger partial charge in [0.1, 0.15) is 0 Å². The lowest BCUT2D eigenvalue weighted by molar-refractivity contribution is -0.146. The van der Waals surface area contributed by atoms with E-state index in [9.17, 15) is 18.0 Å². The van der Waals surface area contributed by atoms with E-state index in [4.69, 9.17) is 39.5 Å². The molecule has 0 radical (unpaired) electrons. The largest absolute Gasteiger partial charge is 0.456 e. The van der Waals surface area contributed by atoms with Gasteiger partial charge in [-0.15, -0.1) is 0 Å². The standard InChI is InChI=1S/C18H16Cl3NO5S/c1-11-2-4-13(9-15(11)21)22-17(23)10-27-18(24)6-7-28(25,26)16-8-12(19)3-5-14(16)20/h2-5,8-9H,6-7,10H2,1H3,(H,22,23). The van der Waals surface area contributed by atoms with Crippen LogP contribution in [-0.4, -0.2) is 32.7 Å². The van der Waals surface area contributed by atoms with Crippen LogP contribution in [0, 0.1) is 6.92 Å². The number of hydrogen-bond acceptors (Lipinski definition) is 5. The van der Waals surface area contributed by atoms with Crippen molar-refractivity contribution in [2.45, 2.75) is 18.2 Å². The summed E-state index contributed by atoms with van der Waals surface area (Å²) >= 11 is 17.6. The van der Waals surface area contributed by atoms with Gasteiger partial charge in [0, 0.05) is 15.7 Å². The van der Waals surface area contributed by atoms with Crippen molar-refractivity contribution in [3.8, 4) is 0 Å². The molecule has 0 unspecified atom stereocenters. The lowest BCUT2D eigenvalue weighted by Crippen LogP contribution is -2.22. The van der Waals surface area contributed by atoms with Crippen molar-refractivity contribution in [2.24, 2.45) is 0 Å². The molecule has 0 aromatic heterocycles. The van der Waals surface area contributed by atoms with E-state index in [0.717, 1.165) is 5.56 Å². The molecular weight excluding hydrogens is 449 g/mol. The fraction of sp³-hybridized carbons (Fsp3) is 0.222. The minimum atomic E-state index is -3.84. The van der Waals surface area contributed by atoms with Crippen LogP contribution in [0.4, 0.5) is 5.69 Å². The number of benzene rings is 2. The van der Waals surface area contributed by atoms with Crippen molar-refractivity contribution in [3.63, 3.8) is 0 Å². The molecule has 1 N–H and O–H groups in total. The summed E-state index contributed by atoms with van der Waals surface area (Å²) in [6.45, 7) is 1.27. The maximum Gasteiger partial charge on any atom is 0.307 e. The first-order valence-electron chi connectivity index (χ1n) is 7.98. The molecule has 2 aromatic rings. The Morgan fingerprint density at radius 3 is 2.43 bits per heavy atom. The smallest absolute Gasteiger partial charge is 0.307 e.